The van der Waals surface area contributed by atoms with Gasteiger partial charge in [-0.05, 0) is 28.4 Å². The molecule has 0 fully saturated rings. The molecule has 0 aliphatic heterocycles. The molecule has 1 atom stereocenters. The number of rotatable bonds is 3. The second-order valence-electron chi connectivity index (χ2n) is 2.83. The molecular formula is C7H10BrN5. The quantitative estimate of drug-likeness (QED) is 0.457. The van der Waals surface area contributed by atoms with Gasteiger partial charge < -0.3 is 4.57 Å². The summed E-state index contributed by atoms with van der Waals surface area (Å²) in [6.07, 6.45) is 1.77. The van der Waals surface area contributed by atoms with Gasteiger partial charge in [0.1, 0.15) is 0 Å². The van der Waals surface area contributed by atoms with Crippen LogP contribution in [0.3, 0.4) is 0 Å². The van der Waals surface area contributed by atoms with Gasteiger partial charge in [-0.2, -0.15) is 0 Å². The Morgan fingerprint density at radius 1 is 1.85 bits per heavy atom. The maximum Gasteiger partial charge on any atom is 0.177 e. The molecule has 5 nitrogen and oxygen atoms in total. The largest absolute Gasteiger partial charge is 0.323 e. The Balaban J connectivity index is 2.78. The van der Waals surface area contributed by atoms with Crippen molar-refractivity contribution in [1.29, 1.82) is 0 Å². The zero-order valence-corrected chi connectivity index (χ0v) is 9.06. The van der Waals surface area contributed by atoms with Gasteiger partial charge in [-0.1, -0.05) is 12.0 Å². The van der Waals surface area contributed by atoms with E-state index in [-0.39, 0.29) is 6.04 Å². The number of aryl methyl sites for hydroxylation is 1. The van der Waals surface area contributed by atoms with E-state index in [0.29, 0.717) is 6.54 Å². The second-order valence-corrected chi connectivity index (χ2v) is 3.54. The Morgan fingerprint density at radius 2 is 2.54 bits per heavy atom. The summed E-state index contributed by atoms with van der Waals surface area (Å²) in [6.45, 7) is 4.47. The van der Waals surface area contributed by atoms with Crippen LogP contribution < -0.4 is 0 Å². The molecule has 0 aromatic carbocycles. The van der Waals surface area contributed by atoms with E-state index in [1.54, 1.807) is 6.20 Å². The average Bonchev–Trinajstić information content (AvgIpc) is 2.36. The van der Waals surface area contributed by atoms with Gasteiger partial charge in [0.05, 0.1) is 6.04 Å². The minimum atomic E-state index is -0.0609. The van der Waals surface area contributed by atoms with Gasteiger partial charge in [0.25, 0.3) is 0 Å². The highest BCUT2D eigenvalue weighted by molar-refractivity contribution is 9.10. The topological polar surface area (TPSA) is 66.6 Å². The summed E-state index contributed by atoms with van der Waals surface area (Å²) in [4.78, 5) is 6.83. The summed E-state index contributed by atoms with van der Waals surface area (Å²) in [5, 5.41) is 3.59. The number of azide groups is 1. The summed E-state index contributed by atoms with van der Waals surface area (Å²) >= 11 is 3.31. The third-order valence-electron chi connectivity index (χ3n) is 1.70. The Hall–Kier alpha value is -1.00. The van der Waals surface area contributed by atoms with E-state index in [1.807, 2.05) is 18.4 Å². The lowest BCUT2D eigenvalue weighted by Gasteiger charge is -2.08. The predicted octanol–water partition coefficient (Wildman–Crippen LogP) is 2.65. The minimum Gasteiger partial charge on any atom is -0.323 e. The van der Waals surface area contributed by atoms with Crippen molar-refractivity contribution in [3.05, 3.63) is 27.1 Å². The summed E-state index contributed by atoms with van der Waals surface area (Å²) in [5.41, 5.74) is 9.27. The monoisotopic (exact) mass is 243 g/mol. The molecule has 0 N–H and O–H groups in total. The van der Waals surface area contributed by atoms with Crippen LogP contribution in [0.1, 0.15) is 12.6 Å². The molecule has 1 aromatic rings. The smallest absolute Gasteiger partial charge is 0.177 e. The maximum absolute atomic E-state index is 8.23. The number of halogens is 1. The molecule has 13 heavy (non-hydrogen) atoms. The normalized spacial score (nSPS) is 12.2. The molecule has 1 unspecified atom stereocenters. The first-order chi connectivity index (χ1) is 6.15. The molecule has 0 bridgehead atoms. The van der Waals surface area contributed by atoms with Crippen molar-refractivity contribution in [2.75, 3.05) is 0 Å². The first kappa shape index (κ1) is 10.1. The van der Waals surface area contributed by atoms with E-state index in [2.05, 4.69) is 30.9 Å². The molecule has 1 aromatic heterocycles. The van der Waals surface area contributed by atoms with Crippen LogP contribution in [0.15, 0.2) is 16.0 Å². The predicted molar refractivity (Wildman–Crippen MR) is 53.3 cm³/mol. The summed E-state index contributed by atoms with van der Waals surface area (Å²) < 4.78 is 2.73. The Labute approximate surface area is 84.5 Å². The molecule has 0 spiro atoms. The fourth-order valence-corrected chi connectivity index (χ4v) is 1.57. The third kappa shape index (κ3) is 2.47. The van der Waals surface area contributed by atoms with Crippen LogP contribution in [-0.2, 0) is 6.54 Å². The highest BCUT2D eigenvalue weighted by Gasteiger charge is 2.06. The van der Waals surface area contributed by atoms with Crippen molar-refractivity contribution >= 4 is 15.9 Å². The van der Waals surface area contributed by atoms with Gasteiger partial charge in [0.15, 0.2) is 4.73 Å². The van der Waals surface area contributed by atoms with Gasteiger partial charge in [-0.15, -0.1) is 0 Å². The molecule has 0 amide bonds. The fourth-order valence-electron chi connectivity index (χ4n) is 1.04. The third-order valence-corrected chi connectivity index (χ3v) is 2.33. The van der Waals surface area contributed by atoms with Crippen molar-refractivity contribution in [2.45, 2.75) is 26.4 Å². The van der Waals surface area contributed by atoms with Crippen molar-refractivity contribution in [2.24, 2.45) is 5.11 Å². The molecule has 0 saturated heterocycles. The zero-order chi connectivity index (χ0) is 9.84. The molecule has 0 aliphatic rings. The standard InChI is InChI=1S/C7H10BrN5/c1-5(11-12-9)4-13-6(2)3-10-7(13)8/h3,5H,4H2,1-2H3. The Bertz CT molecular complexity index is 319. The van der Waals surface area contributed by atoms with Crippen LogP contribution in [0, 0.1) is 6.92 Å². The summed E-state index contributed by atoms with van der Waals surface area (Å²) in [6, 6.07) is -0.0609. The van der Waals surface area contributed by atoms with Gasteiger partial charge in [0.2, 0.25) is 0 Å². The van der Waals surface area contributed by atoms with Crippen LogP contribution in [0.25, 0.3) is 10.4 Å². The number of hydrogen-bond donors (Lipinski definition) is 0. The molecule has 6 heteroatoms. The number of nitrogens with zero attached hydrogens (tertiary/aromatic N) is 5. The first-order valence-electron chi connectivity index (χ1n) is 3.87. The van der Waals surface area contributed by atoms with E-state index in [0.717, 1.165) is 10.4 Å². The molecule has 0 saturated carbocycles. The molecular weight excluding hydrogens is 234 g/mol. The van der Waals surface area contributed by atoms with Crippen LogP contribution >= 0.6 is 15.9 Å². The van der Waals surface area contributed by atoms with Crippen molar-refractivity contribution in [1.82, 2.24) is 9.55 Å². The van der Waals surface area contributed by atoms with Gasteiger partial charge in [-0.25, -0.2) is 4.98 Å². The summed E-state index contributed by atoms with van der Waals surface area (Å²) in [7, 11) is 0. The fraction of sp³-hybridized carbons (Fsp3) is 0.571. The highest BCUT2D eigenvalue weighted by Crippen LogP contribution is 2.12. The molecule has 1 rings (SSSR count). The van der Waals surface area contributed by atoms with Gasteiger partial charge >= 0.3 is 0 Å². The Kier molecular flexibility index (Phi) is 3.33. The van der Waals surface area contributed by atoms with Crippen LogP contribution in [-0.4, -0.2) is 15.6 Å². The van der Waals surface area contributed by atoms with E-state index < -0.39 is 0 Å². The van der Waals surface area contributed by atoms with Crippen LogP contribution in [0.2, 0.25) is 0 Å². The lowest BCUT2D eigenvalue weighted by atomic mass is 10.3. The molecule has 0 radical (unpaired) electrons. The van der Waals surface area contributed by atoms with Crippen LogP contribution in [0.5, 0.6) is 0 Å². The van der Waals surface area contributed by atoms with Crippen LogP contribution in [0.4, 0.5) is 0 Å². The minimum absolute atomic E-state index is 0.0609. The first-order valence-corrected chi connectivity index (χ1v) is 4.66. The molecule has 0 aliphatic carbocycles. The molecule has 70 valence electrons. The number of imidazole rings is 1. The zero-order valence-electron chi connectivity index (χ0n) is 7.48. The van der Waals surface area contributed by atoms with Crippen molar-refractivity contribution < 1.29 is 0 Å². The van der Waals surface area contributed by atoms with Gasteiger partial charge in [0, 0.05) is 23.3 Å². The van der Waals surface area contributed by atoms with Gasteiger partial charge in [-0.3, -0.25) is 0 Å². The lowest BCUT2D eigenvalue weighted by Crippen LogP contribution is -2.11. The van der Waals surface area contributed by atoms with Crippen molar-refractivity contribution in [3.63, 3.8) is 0 Å². The Morgan fingerprint density at radius 3 is 3.00 bits per heavy atom. The maximum atomic E-state index is 8.23. The molecule has 1 heterocycles. The average molecular weight is 244 g/mol. The lowest BCUT2D eigenvalue weighted by molar-refractivity contribution is 0.568. The van der Waals surface area contributed by atoms with E-state index >= 15 is 0 Å². The number of hydrogen-bond acceptors (Lipinski definition) is 2. The number of aromatic nitrogens is 2. The van der Waals surface area contributed by atoms with E-state index in [9.17, 15) is 0 Å². The van der Waals surface area contributed by atoms with E-state index in [1.165, 1.54) is 0 Å². The summed E-state index contributed by atoms with van der Waals surface area (Å²) in [5.74, 6) is 0. The second kappa shape index (κ2) is 4.30. The SMILES string of the molecule is Cc1cnc(Br)n1CC(C)N=[N+]=[N-]. The van der Waals surface area contributed by atoms with E-state index in [4.69, 9.17) is 5.53 Å². The highest BCUT2D eigenvalue weighted by atomic mass is 79.9. The van der Waals surface area contributed by atoms with Crippen molar-refractivity contribution in [3.8, 4) is 0 Å².